The van der Waals surface area contributed by atoms with Crippen molar-refractivity contribution < 1.29 is 19.1 Å². The molecule has 1 aliphatic rings. The number of alkyl carbamates (subject to hydrolysis) is 1. The van der Waals surface area contributed by atoms with E-state index in [0.29, 0.717) is 0 Å². The van der Waals surface area contributed by atoms with Crippen molar-refractivity contribution in [3.8, 4) is 0 Å². The van der Waals surface area contributed by atoms with E-state index in [0.717, 1.165) is 11.1 Å². The highest BCUT2D eigenvalue weighted by molar-refractivity contribution is 5.71. The molecule has 1 N–H and O–H groups in total. The zero-order chi connectivity index (χ0) is 16.3. The number of esters is 1. The van der Waals surface area contributed by atoms with Crippen molar-refractivity contribution in [1.82, 2.24) is 5.32 Å². The van der Waals surface area contributed by atoms with E-state index in [1.807, 2.05) is 30.3 Å². The zero-order valence-corrected chi connectivity index (χ0v) is 13.3. The van der Waals surface area contributed by atoms with Crippen LogP contribution in [0.4, 0.5) is 4.79 Å². The fraction of sp³-hybridized carbons (Fsp3) is 0.412. The van der Waals surface area contributed by atoms with Crippen LogP contribution in [0.5, 0.6) is 0 Å². The normalized spacial score (nSPS) is 20.0. The number of hydrogen-bond donors (Lipinski definition) is 1. The van der Waals surface area contributed by atoms with Gasteiger partial charge in [-0.15, -0.1) is 0 Å². The molecule has 0 bridgehead atoms. The first-order chi connectivity index (χ1) is 10.3. The molecule has 1 aliphatic carbocycles. The Kier molecular flexibility index (Phi) is 4.54. The first-order valence-corrected chi connectivity index (χ1v) is 7.20. The number of fused-ring (bicyclic) bond motifs is 1. The minimum absolute atomic E-state index is 0.398. The van der Waals surface area contributed by atoms with Gasteiger partial charge in [-0.25, -0.2) is 4.79 Å². The van der Waals surface area contributed by atoms with E-state index in [9.17, 15) is 9.59 Å². The molecule has 0 saturated carbocycles. The molecule has 0 aliphatic heterocycles. The predicted molar refractivity (Wildman–Crippen MR) is 83.1 cm³/mol. The summed E-state index contributed by atoms with van der Waals surface area (Å²) in [7, 11) is 0. The monoisotopic (exact) mass is 303 g/mol. The van der Waals surface area contributed by atoms with Crippen LogP contribution in [0.2, 0.25) is 0 Å². The summed E-state index contributed by atoms with van der Waals surface area (Å²) in [6.45, 7) is 6.74. The minimum atomic E-state index is -0.592. The van der Waals surface area contributed by atoms with Gasteiger partial charge in [-0.2, -0.15) is 0 Å². The highest BCUT2D eigenvalue weighted by atomic mass is 16.6. The smallest absolute Gasteiger partial charge is 0.408 e. The molecule has 0 saturated heterocycles. The first-order valence-electron chi connectivity index (χ1n) is 7.20. The Morgan fingerprint density at radius 3 is 2.50 bits per heavy atom. The molecule has 0 aromatic heterocycles. The van der Waals surface area contributed by atoms with Gasteiger partial charge in [0.15, 0.2) is 0 Å². The van der Waals surface area contributed by atoms with Gasteiger partial charge < -0.3 is 14.8 Å². The third kappa shape index (κ3) is 4.10. The van der Waals surface area contributed by atoms with Crippen molar-refractivity contribution in [2.45, 2.75) is 45.4 Å². The Morgan fingerprint density at radius 2 is 1.86 bits per heavy atom. The molecule has 5 nitrogen and oxygen atoms in total. The number of amides is 1. The Bertz CT molecular complexity index is 601. The Balaban J connectivity index is 2.24. The fourth-order valence-corrected chi connectivity index (χ4v) is 2.33. The van der Waals surface area contributed by atoms with Crippen LogP contribution in [-0.4, -0.2) is 23.8 Å². The Morgan fingerprint density at radius 1 is 1.18 bits per heavy atom. The lowest BCUT2D eigenvalue weighted by Crippen LogP contribution is -2.41. The average molecular weight is 303 g/mol. The molecule has 0 fully saturated rings. The van der Waals surface area contributed by atoms with Crippen LogP contribution >= 0.6 is 0 Å². The molecule has 1 aromatic carbocycles. The second-order valence-electron chi connectivity index (χ2n) is 6.19. The lowest BCUT2D eigenvalue weighted by atomic mass is 9.91. The molecular weight excluding hydrogens is 282 g/mol. The molecule has 0 unspecified atom stereocenters. The third-order valence-corrected chi connectivity index (χ3v) is 3.10. The summed E-state index contributed by atoms with van der Waals surface area (Å²) in [6.07, 6.45) is 2.56. The van der Waals surface area contributed by atoms with E-state index in [-0.39, 0.29) is 0 Å². The molecule has 5 heteroatoms. The number of hydrogen-bond acceptors (Lipinski definition) is 4. The highest BCUT2D eigenvalue weighted by Gasteiger charge is 2.31. The molecular formula is C17H21NO4. The molecule has 1 aromatic rings. The van der Waals surface area contributed by atoms with Gasteiger partial charge in [-0.3, -0.25) is 4.79 Å². The van der Waals surface area contributed by atoms with Crippen molar-refractivity contribution in [2.24, 2.45) is 0 Å². The lowest BCUT2D eigenvalue weighted by molar-refractivity contribution is -0.145. The topological polar surface area (TPSA) is 64.6 Å². The van der Waals surface area contributed by atoms with Crippen LogP contribution in [0.3, 0.4) is 0 Å². The lowest BCUT2D eigenvalue weighted by Gasteiger charge is -2.31. The number of nitrogens with one attached hydrogen (secondary N) is 1. The zero-order valence-electron chi connectivity index (χ0n) is 13.3. The van der Waals surface area contributed by atoms with Gasteiger partial charge in [0.1, 0.15) is 11.7 Å². The largest absolute Gasteiger partial charge is 0.456 e. The maximum absolute atomic E-state index is 12.1. The standard InChI is InChI=1S/C17H21NO4/c1-11(19)21-14-10-9-12-7-5-6-8-13(12)15(14)18-16(20)22-17(2,3)4/h5-10,14-15H,1-4H3,(H,18,20)/t14-,15+/m1/s1. The maximum atomic E-state index is 12.1. The van der Waals surface area contributed by atoms with Crippen LogP contribution in [0.25, 0.3) is 6.08 Å². The van der Waals surface area contributed by atoms with Gasteiger partial charge >= 0.3 is 12.1 Å². The average Bonchev–Trinajstić information content (AvgIpc) is 2.39. The summed E-state index contributed by atoms with van der Waals surface area (Å²) in [6, 6.07) is 7.17. The number of ether oxygens (including phenoxy) is 2. The van der Waals surface area contributed by atoms with Gasteiger partial charge in [-0.1, -0.05) is 30.3 Å². The van der Waals surface area contributed by atoms with Gasteiger partial charge in [0.25, 0.3) is 0 Å². The first kappa shape index (κ1) is 16.1. The molecule has 2 atom stereocenters. The molecule has 2 rings (SSSR count). The van der Waals surface area contributed by atoms with Crippen molar-refractivity contribution in [3.63, 3.8) is 0 Å². The van der Waals surface area contributed by atoms with Crippen LogP contribution in [-0.2, 0) is 14.3 Å². The molecule has 0 spiro atoms. The maximum Gasteiger partial charge on any atom is 0.408 e. The quantitative estimate of drug-likeness (QED) is 0.852. The predicted octanol–water partition coefficient (Wildman–Crippen LogP) is 3.21. The summed E-state index contributed by atoms with van der Waals surface area (Å²) in [5.74, 6) is -0.398. The molecule has 118 valence electrons. The minimum Gasteiger partial charge on any atom is -0.456 e. The van der Waals surface area contributed by atoms with E-state index >= 15 is 0 Å². The second kappa shape index (κ2) is 6.22. The molecule has 0 radical (unpaired) electrons. The fourth-order valence-electron chi connectivity index (χ4n) is 2.33. The SMILES string of the molecule is CC(=O)O[C@@H]1C=Cc2ccccc2[C@@H]1NC(=O)OC(C)(C)C. The summed E-state index contributed by atoms with van der Waals surface area (Å²) < 4.78 is 10.6. The van der Waals surface area contributed by atoms with Crippen LogP contribution < -0.4 is 5.32 Å². The van der Waals surface area contributed by atoms with Gasteiger partial charge in [0.2, 0.25) is 0 Å². The third-order valence-electron chi connectivity index (χ3n) is 3.10. The van der Waals surface area contributed by atoms with Gasteiger partial charge in [-0.05, 0) is 38.0 Å². The van der Waals surface area contributed by atoms with E-state index in [1.165, 1.54) is 6.92 Å². The second-order valence-corrected chi connectivity index (χ2v) is 6.19. The number of rotatable bonds is 2. The van der Waals surface area contributed by atoms with Gasteiger partial charge in [0.05, 0.1) is 6.04 Å². The van der Waals surface area contributed by atoms with E-state index < -0.39 is 29.8 Å². The van der Waals surface area contributed by atoms with Crippen LogP contribution in [0.1, 0.15) is 44.9 Å². The highest BCUT2D eigenvalue weighted by Crippen LogP contribution is 2.30. The van der Waals surface area contributed by atoms with Crippen molar-refractivity contribution in [1.29, 1.82) is 0 Å². The summed E-state index contributed by atoms with van der Waals surface area (Å²) in [5.41, 5.74) is 1.28. The van der Waals surface area contributed by atoms with Crippen molar-refractivity contribution in [2.75, 3.05) is 0 Å². The van der Waals surface area contributed by atoms with E-state index in [1.54, 1.807) is 26.8 Å². The van der Waals surface area contributed by atoms with E-state index in [4.69, 9.17) is 9.47 Å². The number of benzene rings is 1. The molecule has 0 heterocycles. The Hall–Kier alpha value is -2.30. The Labute approximate surface area is 130 Å². The van der Waals surface area contributed by atoms with Crippen LogP contribution in [0.15, 0.2) is 30.3 Å². The van der Waals surface area contributed by atoms with Gasteiger partial charge in [0, 0.05) is 6.92 Å². The summed E-state index contributed by atoms with van der Waals surface area (Å²) >= 11 is 0. The summed E-state index contributed by atoms with van der Waals surface area (Å²) in [4.78, 5) is 23.4. The number of carbonyl (C=O) groups excluding carboxylic acids is 2. The number of carbonyl (C=O) groups is 2. The van der Waals surface area contributed by atoms with Crippen LogP contribution in [0, 0.1) is 0 Å². The van der Waals surface area contributed by atoms with Crippen molar-refractivity contribution in [3.05, 3.63) is 41.5 Å². The molecule has 1 amide bonds. The molecule has 22 heavy (non-hydrogen) atoms. The summed E-state index contributed by atoms with van der Waals surface area (Å²) in [5, 5.41) is 2.80. The van der Waals surface area contributed by atoms with E-state index in [2.05, 4.69) is 5.32 Å². The van der Waals surface area contributed by atoms with Crippen molar-refractivity contribution >= 4 is 18.1 Å².